The molecule has 1 aromatic rings. The first kappa shape index (κ1) is 23.4. The van der Waals surface area contributed by atoms with Crippen molar-refractivity contribution in [2.75, 3.05) is 0 Å². The molecule has 5 nitrogen and oxygen atoms in total. The van der Waals surface area contributed by atoms with Crippen LogP contribution in [0.5, 0.6) is 0 Å². The van der Waals surface area contributed by atoms with E-state index in [4.69, 9.17) is 4.74 Å². The summed E-state index contributed by atoms with van der Waals surface area (Å²) in [4.78, 5) is 23.8. The number of rotatable bonds is 7. The fraction of sp³-hybridized carbons (Fsp3) is 0.480. The molecule has 0 fully saturated rings. The molecule has 1 aliphatic rings. The van der Waals surface area contributed by atoms with E-state index in [0.717, 1.165) is 30.4 Å². The molecule has 0 aromatic heterocycles. The van der Waals surface area contributed by atoms with Crippen LogP contribution in [0.3, 0.4) is 0 Å². The first-order valence-corrected chi connectivity index (χ1v) is 10.8. The maximum atomic E-state index is 13.1. The second kappa shape index (κ2) is 11.3. The topological polar surface area (TPSA) is 69.4 Å². The van der Waals surface area contributed by atoms with Crippen LogP contribution in [0.25, 0.3) is 0 Å². The Labute approximate surface area is 179 Å². The quantitative estimate of drug-likeness (QED) is 0.294. The highest BCUT2D eigenvalue weighted by atomic mass is 16.6. The van der Waals surface area contributed by atoms with Gasteiger partial charge < -0.3 is 4.74 Å². The van der Waals surface area contributed by atoms with Gasteiger partial charge in [0.2, 0.25) is 0 Å². The first-order chi connectivity index (χ1) is 14.5. The zero-order chi connectivity index (χ0) is 22.1. The van der Waals surface area contributed by atoms with Gasteiger partial charge in [-0.1, -0.05) is 45.7 Å². The molecule has 5 heteroatoms. The van der Waals surface area contributed by atoms with E-state index in [-0.39, 0.29) is 23.3 Å². The van der Waals surface area contributed by atoms with Crippen molar-refractivity contribution in [2.45, 2.75) is 72.1 Å². The number of ketones is 1. The molecule has 0 spiro atoms. The molecule has 1 aromatic carbocycles. The number of allylic oxidation sites excluding steroid dienone is 4. The van der Waals surface area contributed by atoms with E-state index in [9.17, 15) is 14.9 Å². The van der Waals surface area contributed by atoms with E-state index >= 15 is 0 Å². The van der Waals surface area contributed by atoms with Crippen molar-refractivity contribution in [3.05, 3.63) is 63.1 Å². The van der Waals surface area contributed by atoms with Crippen molar-refractivity contribution in [1.29, 1.82) is 0 Å². The summed E-state index contributed by atoms with van der Waals surface area (Å²) in [6.45, 7) is 8.18. The summed E-state index contributed by atoms with van der Waals surface area (Å²) >= 11 is 0. The fourth-order valence-electron chi connectivity index (χ4n) is 3.84. The lowest BCUT2D eigenvalue weighted by molar-refractivity contribution is -0.384. The van der Waals surface area contributed by atoms with E-state index in [1.807, 2.05) is 13.8 Å². The van der Waals surface area contributed by atoms with Gasteiger partial charge in [-0.05, 0) is 42.7 Å². The zero-order valence-electron chi connectivity index (χ0n) is 18.4. The third-order valence-electron chi connectivity index (χ3n) is 5.33. The maximum Gasteiger partial charge on any atom is 0.269 e. The molecule has 2 unspecified atom stereocenters. The molecule has 0 saturated carbocycles. The Balaban J connectivity index is 2.67. The Kier molecular flexibility index (Phi) is 8.86. The van der Waals surface area contributed by atoms with E-state index in [2.05, 4.69) is 25.7 Å². The van der Waals surface area contributed by atoms with E-state index in [1.165, 1.54) is 12.1 Å². The number of nitro groups is 1. The molecule has 30 heavy (non-hydrogen) atoms. The van der Waals surface area contributed by atoms with E-state index < -0.39 is 4.92 Å². The number of carbonyl (C=O) groups excluding carboxylic acids is 1. The Morgan fingerprint density at radius 1 is 1.10 bits per heavy atom. The van der Waals surface area contributed by atoms with Crippen LogP contribution in [0.4, 0.5) is 5.69 Å². The van der Waals surface area contributed by atoms with Gasteiger partial charge in [-0.3, -0.25) is 14.9 Å². The van der Waals surface area contributed by atoms with Crippen LogP contribution in [0.15, 0.2) is 47.4 Å². The van der Waals surface area contributed by atoms with E-state index in [1.54, 1.807) is 18.2 Å². The van der Waals surface area contributed by atoms with Gasteiger partial charge in [0.1, 0.15) is 5.76 Å². The highest BCUT2D eigenvalue weighted by Crippen LogP contribution is 2.41. The number of nitro benzene ring substituents is 1. The lowest BCUT2D eigenvalue weighted by Gasteiger charge is -2.30. The summed E-state index contributed by atoms with van der Waals surface area (Å²) in [5.74, 6) is 7.24. The summed E-state index contributed by atoms with van der Waals surface area (Å²) in [5, 5.41) is 11.1. The number of carbonyl (C=O) groups is 1. The molecule has 0 N–H and O–H groups in total. The number of non-ortho nitro benzene ring substituents is 1. The molecule has 1 heterocycles. The average Bonchev–Trinajstić information content (AvgIpc) is 2.72. The van der Waals surface area contributed by atoms with Crippen LogP contribution in [0.2, 0.25) is 0 Å². The third kappa shape index (κ3) is 5.60. The highest BCUT2D eigenvalue weighted by Gasteiger charge is 2.34. The minimum atomic E-state index is -0.411. The summed E-state index contributed by atoms with van der Waals surface area (Å²) in [5.41, 5.74) is 1.90. The Bertz CT molecular complexity index is 884. The minimum absolute atomic E-state index is 0.0373. The lowest BCUT2D eigenvalue weighted by Crippen LogP contribution is -2.25. The molecule has 0 aliphatic carbocycles. The molecule has 2 rings (SSSR count). The second-order valence-corrected chi connectivity index (χ2v) is 7.47. The van der Waals surface area contributed by atoms with Crippen LogP contribution in [-0.2, 0) is 9.53 Å². The Morgan fingerprint density at radius 3 is 2.33 bits per heavy atom. The molecular weight excluding hydrogens is 378 g/mol. The molecule has 0 bridgehead atoms. The van der Waals surface area contributed by atoms with Crippen molar-refractivity contribution < 1.29 is 14.5 Å². The molecule has 0 amide bonds. The van der Waals surface area contributed by atoms with Gasteiger partial charge in [0.15, 0.2) is 11.5 Å². The summed E-state index contributed by atoms with van der Waals surface area (Å²) < 4.78 is 6.20. The predicted octanol–water partition coefficient (Wildman–Crippen LogP) is 6.46. The van der Waals surface area contributed by atoms with Gasteiger partial charge in [0, 0.05) is 42.9 Å². The summed E-state index contributed by atoms with van der Waals surface area (Å²) in [7, 11) is 0. The molecule has 2 atom stereocenters. The van der Waals surface area contributed by atoms with Gasteiger partial charge in [-0.2, -0.15) is 0 Å². The van der Waals surface area contributed by atoms with Crippen LogP contribution in [0.1, 0.15) is 77.7 Å². The van der Waals surface area contributed by atoms with Gasteiger partial charge in [0.05, 0.1) is 4.92 Å². The van der Waals surface area contributed by atoms with Crippen molar-refractivity contribution in [3.63, 3.8) is 0 Å². The molecule has 0 radical (unpaired) electrons. The normalized spacial score (nSPS) is 19.2. The summed E-state index contributed by atoms with van der Waals surface area (Å²) in [6, 6.07) is 6.51. The average molecular weight is 410 g/mol. The number of hydrogen-bond acceptors (Lipinski definition) is 4. The second-order valence-electron chi connectivity index (χ2n) is 7.47. The van der Waals surface area contributed by atoms with Crippen molar-refractivity contribution in [2.24, 2.45) is 5.92 Å². The van der Waals surface area contributed by atoms with Crippen molar-refractivity contribution in [1.82, 2.24) is 0 Å². The lowest BCUT2D eigenvalue weighted by atomic mass is 9.75. The smallest absolute Gasteiger partial charge is 0.269 e. The van der Waals surface area contributed by atoms with Gasteiger partial charge in [0.25, 0.3) is 5.69 Å². The van der Waals surface area contributed by atoms with Gasteiger partial charge in [-0.25, -0.2) is 0 Å². The number of ether oxygens (including phenoxy) is 1. The number of hydrogen-bond donors (Lipinski definition) is 0. The molecule has 160 valence electrons. The monoisotopic (exact) mass is 409 g/mol. The maximum absolute atomic E-state index is 13.1. The zero-order valence-corrected chi connectivity index (χ0v) is 18.4. The SMILES string of the molecule is CCCC#CC1=C(CC)C(c2ccc([N+](=O)[O-])cc2)C(CC)C(=O)C=C(CCC)O1. The van der Waals surface area contributed by atoms with Crippen LogP contribution >= 0.6 is 0 Å². The van der Waals surface area contributed by atoms with Crippen LogP contribution in [-0.4, -0.2) is 10.7 Å². The van der Waals surface area contributed by atoms with Crippen molar-refractivity contribution >= 4 is 11.5 Å². The highest BCUT2D eigenvalue weighted by molar-refractivity contribution is 5.93. The largest absolute Gasteiger partial charge is 0.453 e. The standard InChI is InChI=1S/C25H31NO4/c1-5-9-10-12-24-22(8-4)25(18-13-15-19(16-14-18)26(28)29)21(7-3)23(27)17-20(30-24)11-6-2/h13-17,21,25H,5-9,11H2,1-4H3. The van der Waals surface area contributed by atoms with Gasteiger partial charge in [-0.15, -0.1) is 0 Å². The summed E-state index contributed by atoms with van der Waals surface area (Å²) in [6.07, 6.45) is 6.26. The van der Waals surface area contributed by atoms with Gasteiger partial charge >= 0.3 is 0 Å². The predicted molar refractivity (Wildman–Crippen MR) is 119 cm³/mol. The third-order valence-corrected chi connectivity index (χ3v) is 5.33. The molecular formula is C25H31NO4. The Hall–Kier alpha value is -2.87. The van der Waals surface area contributed by atoms with E-state index in [0.29, 0.717) is 30.8 Å². The number of nitrogens with zero attached hydrogens (tertiary/aromatic N) is 1. The molecule has 0 saturated heterocycles. The Morgan fingerprint density at radius 2 is 1.80 bits per heavy atom. The number of unbranched alkanes of at least 4 members (excludes halogenated alkanes) is 1. The minimum Gasteiger partial charge on any atom is -0.453 e. The van der Waals surface area contributed by atoms with Crippen LogP contribution < -0.4 is 0 Å². The first-order valence-electron chi connectivity index (χ1n) is 10.8. The fourth-order valence-corrected chi connectivity index (χ4v) is 3.84. The van der Waals surface area contributed by atoms with Crippen LogP contribution in [0, 0.1) is 27.9 Å². The molecule has 1 aliphatic heterocycles. The number of benzene rings is 1. The van der Waals surface area contributed by atoms with Crippen molar-refractivity contribution in [3.8, 4) is 11.8 Å².